The summed E-state index contributed by atoms with van der Waals surface area (Å²) in [5.74, 6) is 2.49. The number of amides is 2. The van der Waals surface area contributed by atoms with Gasteiger partial charge in [-0.05, 0) is 184 Å². The lowest BCUT2D eigenvalue weighted by molar-refractivity contribution is -0.00309. The lowest BCUT2D eigenvalue weighted by Crippen LogP contribution is -2.62. The van der Waals surface area contributed by atoms with E-state index in [-0.39, 0.29) is 80.0 Å². The summed E-state index contributed by atoms with van der Waals surface area (Å²) in [6.07, 6.45) is 16.1. The van der Waals surface area contributed by atoms with Gasteiger partial charge in [-0.1, -0.05) is 39.7 Å². The van der Waals surface area contributed by atoms with Crippen molar-refractivity contribution < 1.29 is 37.2 Å². The van der Waals surface area contributed by atoms with Crippen LogP contribution in [0.2, 0.25) is 15.7 Å². The molecule has 654 valence electrons. The number of carbonyl (C=O) groups is 2. The maximum atomic E-state index is 13.7. The Kier molecular flexibility index (Phi) is 32.7. The van der Waals surface area contributed by atoms with Crippen molar-refractivity contribution in [3.8, 4) is 47.1 Å². The van der Waals surface area contributed by atoms with Crippen molar-refractivity contribution in [1.29, 1.82) is 21.0 Å². The molecule has 39 heteroatoms. The Bertz CT molecular complexity index is 5290. The number of hydrogen-bond acceptors (Lipinski definition) is 27. The molecule has 0 radical (unpaired) electrons. The smallest absolute Gasteiger partial charge is 0.444 e. The Morgan fingerprint density at radius 3 is 1.39 bits per heavy atom. The third-order valence-corrected chi connectivity index (χ3v) is 21.0. The van der Waals surface area contributed by atoms with Gasteiger partial charge in [-0.25, -0.2) is 53.3 Å². The van der Waals surface area contributed by atoms with Crippen LogP contribution in [0, 0.1) is 57.0 Å². The molecule has 14 rings (SSSR count). The number of aryl methyl sites for hydroxylation is 3. The number of ether oxygens (including phenoxy) is 2. The summed E-state index contributed by atoms with van der Waals surface area (Å²) >= 11 is 19.8. The summed E-state index contributed by atoms with van der Waals surface area (Å²) in [7, 11) is 5.27. The molecule has 2 aromatic carbocycles. The molecular formula is C84H107BBrCl3F2N26O6. The highest BCUT2D eigenvalue weighted by molar-refractivity contribution is 9.10. The van der Waals surface area contributed by atoms with E-state index in [1.807, 2.05) is 148 Å². The van der Waals surface area contributed by atoms with Gasteiger partial charge in [0.1, 0.15) is 69.4 Å². The van der Waals surface area contributed by atoms with E-state index < -0.39 is 16.7 Å². The summed E-state index contributed by atoms with van der Waals surface area (Å²) in [6, 6.07) is 21.2. The van der Waals surface area contributed by atoms with E-state index in [2.05, 4.69) is 142 Å². The van der Waals surface area contributed by atoms with Crippen LogP contribution in [0.1, 0.15) is 147 Å². The van der Waals surface area contributed by atoms with E-state index in [1.165, 1.54) is 30.6 Å². The minimum absolute atomic E-state index is 0.00953. The molecule has 9 aromatic rings. The molecule has 5 saturated heterocycles. The summed E-state index contributed by atoms with van der Waals surface area (Å²) in [5, 5.41) is 55.9. The first kappa shape index (κ1) is 97.6. The standard InChI is InChI=1S/C21H22FN7.C16H22ClN5O2.C15H19N7.C11H22N2O2.C10H17BN2O2.C6H4BrF.C5HCl2N3/c1-21(2)14-28(7-8-29(21)18-6-4-5-17(22)9-18)20-15(10-23)11-24-19(26-20)16-12-25-27(3)13-16;1-15(2,3)24-14(23)22-7-6-21(10-16(22,4)5)12-11(8-18)9-19-13(17)20-12;1-15(2)10-22(5-4-18-15)14-11(6-16)7-17-13(20-14)12-8-19-21(3)9-12;1-10(2,3)15-9(14)13-7-6-12-8-11(13,4)5;1-9(2)10(3,4)15-11(14-9)8-6-12-13(5)7-8;7-5-2-1-3-6(8)4-5;6-4-3(1-8)2-9-5(7)10-4/h4-6,9,11-13H,7-8,14H2,1-3H3;9H,6-7,10H2,1-5H3;7-9,18H,4-5,10H2,1-3H3;12H,6-8H2,1-5H3;6-7H,1-5H3;1-4H;2H. The molecule has 5 aliphatic rings. The summed E-state index contributed by atoms with van der Waals surface area (Å²) in [5.41, 5.74) is 2.54. The molecule has 0 aliphatic carbocycles. The minimum atomic E-state index is -0.543. The number of nitriles is 4. The van der Waals surface area contributed by atoms with Gasteiger partial charge >= 0.3 is 19.3 Å². The number of halogens is 6. The predicted octanol–water partition coefficient (Wildman–Crippen LogP) is 13.3. The number of hydrogen-bond donors (Lipinski definition) is 2. The molecule has 0 spiro atoms. The van der Waals surface area contributed by atoms with Crippen molar-refractivity contribution in [3.63, 3.8) is 0 Å². The molecule has 123 heavy (non-hydrogen) atoms. The van der Waals surface area contributed by atoms with Crippen LogP contribution < -0.4 is 35.7 Å². The molecule has 32 nitrogen and oxygen atoms in total. The number of nitrogens with zero attached hydrogens (tertiary/aromatic N) is 24. The molecule has 7 aromatic heterocycles. The highest BCUT2D eigenvalue weighted by atomic mass is 79.9. The maximum absolute atomic E-state index is 13.7. The zero-order valence-corrected chi connectivity index (χ0v) is 77.3. The first-order valence-electron chi connectivity index (χ1n) is 39.5. The third kappa shape index (κ3) is 27.6. The third-order valence-electron chi connectivity index (χ3n) is 19.9. The van der Waals surface area contributed by atoms with Crippen LogP contribution in [0.15, 0.2) is 115 Å². The largest absolute Gasteiger partial charge is 0.498 e. The lowest BCUT2D eigenvalue weighted by Gasteiger charge is -2.49. The van der Waals surface area contributed by atoms with Crippen LogP contribution in [0.25, 0.3) is 22.8 Å². The molecule has 5 fully saturated rings. The number of anilines is 4. The highest BCUT2D eigenvalue weighted by Gasteiger charge is 2.52. The molecule has 12 heterocycles. The summed E-state index contributed by atoms with van der Waals surface area (Å²) in [6.45, 7) is 44.2. The normalized spacial score (nSPS) is 17.0. The van der Waals surface area contributed by atoms with Gasteiger partial charge < -0.3 is 53.9 Å². The molecule has 0 unspecified atom stereocenters. The monoisotopic (exact) mass is 1810 g/mol. The number of aromatic nitrogens is 14. The van der Waals surface area contributed by atoms with Crippen molar-refractivity contribution in [2.75, 3.05) is 98.1 Å². The molecular weight excluding hydrogens is 1700 g/mol. The molecule has 2 N–H and O–H groups in total. The first-order chi connectivity index (χ1) is 57.4. The Labute approximate surface area is 742 Å². The van der Waals surface area contributed by atoms with E-state index in [0.717, 1.165) is 59.5 Å². The fraction of sp³-hybridized carbons (Fsp3) is 0.488. The van der Waals surface area contributed by atoms with Crippen LogP contribution in [-0.4, -0.2) is 221 Å². The SMILES string of the molecule is CC(C)(C)OC(=O)N1CCN(c2nc(Cl)ncc2C#N)CC1(C)C.CC(C)(C)OC(=O)N1CCNCC1(C)C.Cn1cc(-c2ncc(C#N)c(N3CCN(c4cccc(F)c4)C(C)(C)C3)n2)cn1.Cn1cc(-c2ncc(C#N)c(N3CCNC(C)(C)C3)n2)cn1.Cn1cc(B2OC(C)(C)C(C)(C)O2)cn1.Fc1cccc(Br)c1.N#Cc1cnc(Cl)nc1Cl. The van der Waals surface area contributed by atoms with Crippen LogP contribution in [-0.2, 0) is 39.9 Å². The zero-order valence-electron chi connectivity index (χ0n) is 73.4. The van der Waals surface area contributed by atoms with Crippen LogP contribution in [0.3, 0.4) is 0 Å². The predicted molar refractivity (Wildman–Crippen MR) is 473 cm³/mol. The molecule has 0 bridgehead atoms. The second kappa shape index (κ2) is 41.1. The quantitative estimate of drug-likeness (QED) is 0.0850. The number of piperazine rings is 4. The Balaban J connectivity index is 0.000000184. The fourth-order valence-corrected chi connectivity index (χ4v) is 14.1. The molecule has 2 amide bonds. The minimum Gasteiger partial charge on any atom is -0.444 e. The molecule has 0 atom stereocenters. The zero-order chi connectivity index (χ0) is 91.0. The van der Waals surface area contributed by atoms with Gasteiger partial charge in [0.15, 0.2) is 34.3 Å². The summed E-state index contributed by atoms with van der Waals surface area (Å²) in [4.78, 5) is 69.3. The molecule has 0 saturated carbocycles. The molecule has 5 aliphatic heterocycles. The van der Waals surface area contributed by atoms with Gasteiger partial charge in [0, 0.05) is 146 Å². The summed E-state index contributed by atoms with van der Waals surface area (Å²) < 4.78 is 54.4. The van der Waals surface area contributed by atoms with Gasteiger partial charge in [0.2, 0.25) is 10.6 Å². The van der Waals surface area contributed by atoms with Gasteiger partial charge in [0.05, 0.1) is 76.1 Å². The number of carbonyl (C=O) groups excluding carboxylic acids is 2. The van der Waals surface area contributed by atoms with Crippen molar-refractivity contribution in [2.24, 2.45) is 21.1 Å². The van der Waals surface area contributed by atoms with Crippen molar-refractivity contribution in [3.05, 3.63) is 165 Å². The average molecular weight is 1810 g/mol. The van der Waals surface area contributed by atoms with E-state index in [4.69, 9.17) is 58.8 Å². The van der Waals surface area contributed by atoms with Crippen LogP contribution in [0.4, 0.5) is 41.5 Å². The second-order valence-electron chi connectivity index (χ2n) is 34.9. The fourth-order valence-electron chi connectivity index (χ4n) is 13.2. The Hall–Kier alpha value is -10.8. The maximum Gasteiger partial charge on any atom is 0.498 e. The van der Waals surface area contributed by atoms with Crippen LogP contribution in [0.5, 0.6) is 0 Å². The highest BCUT2D eigenvalue weighted by Crippen LogP contribution is 2.38. The van der Waals surface area contributed by atoms with Gasteiger partial charge in [-0.15, -0.1) is 0 Å². The second-order valence-corrected chi connectivity index (χ2v) is 36.8. The van der Waals surface area contributed by atoms with Gasteiger partial charge in [0.25, 0.3) is 0 Å². The van der Waals surface area contributed by atoms with E-state index in [1.54, 1.807) is 85.2 Å². The van der Waals surface area contributed by atoms with E-state index >= 15 is 0 Å². The lowest BCUT2D eigenvalue weighted by atomic mass is 9.82. The first-order valence-corrected chi connectivity index (χ1v) is 41.4. The van der Waals surface area contributed by atoms with Crippen molar-refractivity contribution in [1.82, 2.24) is 89.6 Å². The van der Waals surface area contributed by atoms with Gasteiger partial charge in [-0.2, -0.15) is 41.3 Å². The Morgan fingerprint density at radius 2 is 0.967 bits per heavy atom. The van der Waals surface area contributed by atoms with E-state index in [0.29, 0.717) is 91.6 Å². The van der Waals surface area contributed by atoms with Crippen LogP contribution >= 0.6 is 50.7 Å². The average Bonchev–Trinajstić information content (AvgIpc) is 1.59. The number of rotatable bonds is 7. The number of benzene rings is 2. The van der Waals surface area contributed by atoms with E-state index in [9.17, 15) is 34.2 Å². The topological polar surface area (TPSA) is 366 Å². The van der Waals surface area contributed by atoms with Crippen molar-refractivity contribution in [2.45, 2.75) is 169 Å². The van der Waals surface area contributed by atoms with Gasteiger partial charge in [-0.3, -0.25) is 18.9 Å². The van der Waals surface area contributed by atoms with Crippen molar-refractivity contribution >= 4 is 98.6 Å². The number of nitrogens with one attached hydrogen (secondary N) is 2. The Morgan fingerprint density at radius 1 is 0.520 bits per heavy atom.